The molecular formula is C60H63N5O11P2S2. The first-order valence-corrected chi connectivity index (χ1v) is 29.7. The molecule has 0 aliphatic carbocycles. The smallest absolute Gasteiger partial charge is 0.351 e. The van der Waals surface area contributed by atoms with Gasteiger partial charge < -0.3 is 42.5 Å². The molecule has 4 heterocycles. The maximum atomic E-state index is 12.6. The Labute approximate surface area is 479 Å². The van der Waals surface area contributed by atoms with E-state index in [-0.39, 0.29) is 60.4 Å². The van der Waals surface area contributed by atoms with Crippen LogP contribution in [-0.4, -0.2) is 74.5 Å². The van der Waals surface area contributed by atoms with Gasteiger partial charge in [0.15, 0.2) is 0 Å². The number of hydrogen-bond donors (Lipinski definition) is 2. The first kappa shape index (κ1) is 55.5. The van der Waals surface area contributed by atoms with E-state index < -0.39 is 46.7 Å². The minimum atomic E-state index is -0.954. The van der Waals surface area contributed by atoms with Crippen LogP contribution in [0.5, 0.6) is 11.5 Å². The zero-order valence-electron chi connectivity index (χ0n) is 45.9. The molecule has 0 bridgehead atoms. The fraction of sp³-hybridized carbons (Fsp3) is 0.267. The molecule has 0 spiro atoms. The van der Waals surface area contributed by atoms with E-state index in [0.717, 1.165) is 68.2 Å². The Kier molecular flexibility index (Phi) is 19.3. The lowest BCUT2D eigenvalue weighted by Crippen LogP contribution is -2.36. The first-order chi connectivity index (χ1) is 40.1. The highest BCUT2D eigenvalue weighted by atomic mass is 32.7. The summed E-state index contributed by atoms with van der Waals surface area (Å²) in [5.74, 6) is 1.38. The van der Waals surface area contributed by atoms with Crippen LogP contribution >= 0.6 is 40.1 Å². The molecule has 20 heteroatoms. The fourth-order valence-electron chi connectivity index (χ4n) is 10.4. The molecule has 6 aromatic carbocycles. The van der Waals surface area contributed by atoms with Crippen LogP contribution in [0.2, 0.25) is 0 Å². The van der Waals surface area contributed by atoms with E-state index >= 15 is 0 Å². The summed E-state index contributed by atoms with van der Waals surface area (Å²) in [5.41, 5.74) is 8.10. The summed E-state index contributed by atoms with van der Waals surface area (Å²) in [4.78, 5) is 43.0. The summed E-state index contributed by atoms with van der Waals surface area (Å²) in [6.45, 7) is 1.08. The molecule has 10 rings (SSSR count). The zero-order valence-corrected chi connectivity index (χ0v) is 47.5. The molecule has 0 radical (unpaired) electrons. The second-order valence-corrected chi connectivity index (χ2v) is 20.8. The zero-order chi connectivity index (χ0) is 57.3. The number of aromatic nitrogens is 4. The van der Waals surface area contributed by atoms with E-state index in [1.807, 2.05) is 121 Å². The van der Waals surface area contributed by atoms with E-state index in [2.05, 4.69) is 58.5 Å². The van der Waals surface area contributed by atoms with Gasteiger partial charge in [-0.15, -0.1) is 0 Å². The van der Waals surface area contributed by atoms with Gasteiger partial charge in [0.05, 0.1) is 55.4 Å². The third-order valence-electron chi connectivity index (χ3n) is 14.4. The Morgan fingerprint density at radius 2 is 0.950 bits per heavy atom. The number of aromatic amines is 1. The van der Waals surface area contributed by atoms with Crippen LogP contribution in [0.25, 0.3) is 0 Å². The van der Waals surface area contributed by atoms with Crippen molar-refractivity contribution in [3.8, 4) is 11.5 Å². The number of anilines is 1. The molecule has 8 atom stereocenters. The Morgan fingerprint density at radius 1 is 0.562 bits per heavy atom. The highest BCUT2D eigenvalue weighted by molar-refractivity contribution is 8.41. The van der Waals surface area contributed by atoms with Crippen molar-refractivity contribution in [3.63, 3.8) is 0 Å². The fourth-order valence-corrected chi connectivity index (χ4v) is 11.2. The van der Waals surface area contributed by atoms with E-state index in [1.165, 1.54) is 21.4 Å². The minimum Gasteiger partial charge on any atom is -0.497 e. The van der Waals surface area contributed by atoms with Crippen LogP contribution in [0.15, 0.2) is 209 Å². The Hall–Kier alpha value is -6.40. The van der Waals surface area contributed by atoms with Crippen LogP contribution in [0, 0.1) is 11.8 Å². The standard InChI is InChI=1S/C30H32N3O5PS.C30H31N2O6PS/c1-35-25-14-12-24(13-15-25)30(22-8-4-2-5-9-22,23-10-6-3-7-11-23)36-19-21-18-28(38-26(21)20-37-40-39)33-17-16-27(31)32-29(33)34;1-35-25-14-12-24(13-15-25)30(22-8-4-2-5-9-22,23-10-6-3-7-11-23)36-19-21-18-28(38-26(21)20-37-40-39)32-17-16-27(33)31-29(32)34/h2-17,21,26,28H,18-20,39H2,1H3,(H2,31,32,34);2-17,21,26,28H,18-20,39H2,1H3,(H,31,33,34)/t2*21-,26-,28-/m11/s1/i2*39T/t2*21-,26-,28-,39?. The van der Waals surface area contributed by atoms with Crippen molar-refractivity contribution in [3.05, 3.63) is 259 Å². The van der Waals surface area contributed by atoms with Crippen LogP contribution in [0.4, 0.5) is 5.82 Å². The lowest BCUT2D eigenvalue weighted by molar-refractivity contribution is -0.0504. The number of methoxy groups -OCH3 is 2. The summed E-state index contributed by atoms with van der Waals surface area (Å²) >= 11 is 2.14. The van der Waals surface area contributed by atoms with E-state index in [0.29, 0.717) is 19.4 Å². The Balaban J connectivity index is 0.000000198. The summed E-state index contributed by atoms with van der Waals surface area (Å²) in [6.07, 6.45) is 2.11. The number of ether oxygens (including phenoxy) is 6. The molecule has 16 nitrogen and oxygen atoms in total. The van der Waals surface area contributed by atoms with Crippen LogP contribution in [0.3, 0.4) is 0 Å². The number of nitrogen functional groups attached to an aromatic ring is 1. The molecule has 2 aliphatic rings. The Bertz CT molecular complexity index is 3360. The predicted octanol–water partition coefficient (Wildman–Crippen LogP) is 10.1. The number of H-pyrrole nitrogens is 1. The third-order valence-corrected chi connectivity index (χ3v) is 15.6. The largest absolute Gasteiger partial charge is 0.497 e. The topological polar surface area (TPSA) is 190 Å². The van der Waals surface area contributed by atoms with E-state index in [4.69, 9.17) is 45.1 Å². The molecule has 416 valence electrons. The van der Waals surface area contributed by atoms with Gasteiger partial charge in [0, 0.05) is 66.5 Å². The van der Waals surface area contributed by atoms with Gasteiger partial charge in [0.2, 0.25) is 0 Å². The quantitative estimate of drug-likeness (QED) is 0.0251. The molecule has 0 amide bonds. The normalized spacial score (nSPS) is 19.6. The molecular weight excluding hydrogens is 1090 g/mol. The molecule has 2 unspecified atom stereocenters. The van der Waals surface area contributed by atoms with Crippen LogP contribution in [0.1, 0.15) is 58.7 Å². The molecule has 2 saturated heterocycles. The van der Waals surface area contributed by atoms with Gasteiger partial charge in [-0.05, 0) is 80.5 Å². The second kappa shape index (κ2) is 27.9. The number of nitrogens with zero attached hydrogens (tertiary/aromatic N) is 3. The van der Waals surface area contributed by atoms with Crippen molar-refractivity contribution < 1.29 is 36.8 Å². The number of benzene rings is 6. The van der Waals surface area contributed by atoms with Gasteiger partial charge >= 0.3 is 11.4 Å². The van der Waals surface area contributed by atoms with Crippen molar-refractivity contribution >= 4 is 45.9 Å². The number of hydrogen-bond acceptors (Lipinski definition) is 15. The molecule has 80 heavy (non-hydrogen) atoms. The van der Waals surface area contributed by atoms with Gasteiger partial charge in [-0.25, -0.2) is 9.59 Å². The van der Waals surface area contributed by atoms with Gasteiger partial charge in [0.25, 0.3) is 5.56 Å². The predicted molar refractivity (Wildman–Crippen MR) is 318 cm³/mol. The average Bonchev–Trinajstić information content (AvgIpc) is 4.26. The lowest BCUT2D eigenvalue weighted by Gasteiger charge is -2.37. The van der Waals surface area contributed by atoms with E-state index in [1.54, 1.807) is 26.5 Å². The molecule has 2 aliphatic heterocycles. The Morgan fingerprint density at radius 3 is 1.32 bits per heavy atom. The number of rotatable bonds is 24. The van der Waals surface area contributed by atoms with Crippen molar-refractivity contribution in [2.45, 2.75) is 48.7 Å². The third kappa shape index (κ3) is 13.3. The van der Waals surface area contributed by atoms with Crippen molar-refractivity contribution in [1.82, 2.24) is 19.1 Å². The summed E-state index contributed by atoms with van der Waals surface area (Å²) in [6, 6.07) is 59.1. The molecule has 0 saturated carbocycles. The number of nitrogens with two attached hydrogens (primary N) is 1. The summed E-state index contributed by atoms with van der Waals surface area (Å²) in [7, 11) is 2.94. The highest BCUT2D eigenvalue weighted by Gasteiger charge is 2.44. The number of nitrogens with one attached hydrogen (secondary N) is 1. The molecule has 3 N–H and O–H groups in total. The van der Waals surface area contributed by atoms with E-state index in [9.17, 15) is 14.4 Å². The van der Waals surface area contributed by atoms with Crippen LogP contribution < -0.4 is 32.1 Å². The van der Waals surface area contributed by atoms with Gasteiger partial charge in [-0.3, -0.25) is 18.9 Å². The van der Waals surface area contributed by atoms with Crippen molar-refractivity contribution in [2.24, 2.45) is 11.8 Å². The van der Waals surface area contributed by atoms with Gasteiger partial charge in [0.1, 0.15) is 41.0 Å². The van der Waals surface area contributed by atoms with Crippen molar-refractivity contribution in [1.29, 1.82) is 2.56 Å². The average molecular weight is 1160 g/mol. The summed E-state index contributed by atoms with van der Waals surface area (Å²) < 4.78 is 66.7. The van der Waals surface area contributed by atoms with Gasteiger partial charge in [-0.2, -0.15) is 4.98 Å². The second-order valence-electron chi connectivity index (χ2n) is 19.0. The monoisotopic (exact) mass is 1160 g/mol. The lowest BCUT2D eigenvalue weighted by atomic mass is 9.80. The van der Waals surface area contributed by atoms with Crippen molar-refractivity contribution in [2.75, 3.05) is 46.4 Å². The maximum absolute atomic E-state index is 12.6. The first-order valence-electron chi connectivity index (χ1n) is 26.8. The van der Waals surface area contributed by atoms with Crippen LogP contribution in [-0.2, 0) is 38.5 Å². The van der Waals surface area contributed by atoms with Gasteiger partial charge in [-0.1, -0.05) is 146 Å². The molecule has 8 aromatic rings. The molecule has 2 fully saturated rings. The minimum absolute atomic E-state index is 0.121. The SMILES string of the molecule is [3H]PSOC[C@H]1O[C@@H](n2ccc(=O)[nH]c2=O)C[C@@H]1COC(c1ccccc1)(c1ccccc1)c1ccc(OC)cc1.[3H]PSOC[C@H]1O[C@@H](n2ccc(N)nc2=O)C[C@@H]1COC(c1ccccc1)(c1ccccc1)c1ccc(OC)cc1. The maximum Gasteiger partial charge on any atom is 0.351 e. The summed E-state index contributed by atoms with van der Waals surface area (Å²) in [5, 5.41) is 0. The highest BCUT2D eigenvalue weighted by Crippen LogP contribution is 2.45. The molecule has 2 aromatic heterocycles.